The first-order chi connectivity index (χ1) is 10.6. The first-order valence-electron chi connectivity index (χ1n) is 6.11. The number of benzene rings is 1. The van der Waals surface area contributed by atoms with Crippen LogP contribution < -0.4 is 4.57 Å². The Hall–Kier alpha value is -1.82. The third-order valence-corrected chi connectivity index (χ3v) is 3.59. The van der Waals surface area contributed by atoms with Crippen LogP contribution in [0.2, 0.25) is 0 Å². The molecule has 0 aliphatic heterocycles. The Labute approximate surface area is 132 Å². The SMILES string of the molecule is Cc1ccc2c(c1)n(C)c(C(F)(F)F)[n+]2C.O=S(=O)([O-])C(F)(F)F. The molecule has 0 saturated carbocycles. The molecule has 0 aliphatic rings. The molecule has 0 unspecified atom stereocenters. The maximum Gasteiger partial charge on any atom is 0.495 e. The second kappa shape index (κ2) is 6.24. The van der Waals surface area contributed by atoms with Crippen molar-refractivity contribution in [3.8, 4) is 0 Å². The molecule has 0 radical (unpaired) electrons. The summed E-state index contributed by atoms with van der Waals surface area (Å²) in [6.07, 6.45) is -4.34. The van der Waals surface area contributed by atoms with E-state index in [0.29, 0.717) is 11.0 Å². The minimum atomic E-state index is -6.09. The van der Waals surface area contributed by atoms with Crippen molar-refractivity contribution < 1.29 is 43.9 Å². The molecule has 1 aromatic heterocycles. The second-order valence-corrected chi connectivity index (χ2v) is 6.20. The number of halogens is 6. The molecule has 0 amide bonds. The Morgan fingerprint density at radius 1 is 1.12 bits per heavy atom. The number of fused-ring (bicyclic) bond motifs is 1. The fourth-order valence-corrected chi connectivity index (χ4v) is 2.02. The van der Waals surface area contributed by atoms with Crippen LogP contribution in [0, 0.1) is 6.92 Å². The summed E-state index contributed by atoms with van der Waals surface area (Å²) in [7, 11) is -3.22. The van der Waals surface area contributed by atoms with Gasteiger partial charge >= 0.3 is 17.5 Å². The third kappa shape index (κ3) is 4.17. The van der Waals surface area contributed by atoms with Crippen molar-refractivity contribution >= 4 is 21.2 Å². The van der Waals surface area contributed by atoms with Gasteiger partial charge in [0.05, 0.1) is 14.1 Å². The Bertz CT molecular complexity index is 852. The minimum Gasteiger partial charge on any atom is -0.741 e. The fourth-order valence-electron chi connectivity index (χ4n) is 2.02. The number of alkyl halides is 6. The van der Waals surface area contributed by atoms with E-state index in [1.54, 1.807) is 12.1 Å². The molecule has 12 heteroatoms. The average molecular weight is 378 g/mol. The average Bonchev–Trinajstić information content (AvgIpc) is 2.59. The minimum absolute atomic E-state index is 0.584. The lowest BCUT2D eigenvalue weighted by Gasteiger charge is -2.08. The van der Waals surface area contributed by atoms with Gasteiger partial charge in [-0.05, 0) is 24.6 Å². The molecule has 0 atom stereocenters. The van der Waals surface area contributed by atoms with E-state index in [4.69, 9.17) is 13.0 Å². The van der Waals surface area contributed by atoms with Crippen LogP contribution >= 0.6 is 0 Å². The zero-order valence-corrected chi connectivity index (χ0v) is 13.3. The van der Waals surface area contributed by atoms with Crippen LogP contribution in [0.5, 0.6) is 0 Å². The number of rotatable bonds is 0. The number of imidazole rings is 1. The third-order valence-electron chi connectivity index (χ3n) is 3.03. The molecular formula is C12H12F6N2O3S. The van der Waals surface area contributed by atoms with Gasteiger partial charge in [-0.1, -0.05) is 6.07 Å². The molecule has 0 fully saturated rings. The number of hydrogen-bond donors (Lipinski definition) is 0. The molecule has 136 valence electrons. The van der Waals surface area contributed by atoms with Gasteiger partial charge in [-0.25, -0.2) is 17.6 Å². The van der Waals surface area contributed by atoms with Crippen molar-refractivity contribution in [3.05, 3.63) is 29.6 Å². The van der Waals surface area contributed by atoms with E-state index in [1.807, 2.05) is 13.0 Å². The maximum absolute atomic E-state index is 12.8. The quantitative estimate of drug-likeness (QED) is 0.306. The van der Waals surface area contributed by atoms with Gasteiger partial charge in [-0.15, -0.1) is 0 Å². The summed E-state index contributed by atoms with van der Waals surface area (Å²) in [4.78, 5) is 0. The lowest BCUT2D eigenvalue weighted by molar-refractivity contribution is -0.667. The van der Waals surface area contributed by atoms with E-state index >= 15 is 0 Å². The summed E-state index contributed by atoms with van der Waals surface area (Å²) in [6, 6.07) is 5.27. The molecule has 0 bridgehead atoms. The van der Waals surface area contributed by atoms with Gasteiger partial charge < -0.3 is 4.55 Å². The van der Waals surface area contributed by atoms with Gasteiger partial charge in [0, 0.05) is 0 Å². The zero-order chi connectivity index (χ0) is 19.1. The van der Waals surface area contributed by atoms with Crippen molar-refractivity contribution in [2.24, 2.45) is 14.1 Å². The Kier molecular flexibility index (Phi) is 5.26. The van der Waals surface area contributed by atoms with E-state index in [2.05, 4.69) is 0 Å². The second-order valence-electron chi connectivity index (χ2n) is 4.83. The summed E-state index contributed by atoms with van der Waals surface area (Å²) in [6.45, 7) is 1.86. The number of hydrogen-bond acceptors (Lipinski definition) is 3. The van der Waals surface area contributed by atoms with Gasteiger partial charge in [0.1, 0.15) is 0 Å². The molecule has 0 spiro atoms. The number of aryl methyl sites for hydroxylation is 3. The molecule has 5 nitrogen and oxygen atoms in total. The first-order valence-corrected chi connectivity index (χ1v) is 7.52. The Morgan fingerprint density at radius 2 is 1.58 bits per heavy atom. The van der Waals surface area contributed by atoms with E-state index in [9.17, 15) is 26.3 Å². The van der Waals surface area contributed by atoms with Crippen LogP contribution in [0.15, 0.2) is 18.2 Å². The molecule has 0 saturated heterocycles. The topological polar surface area (TPSA) is 66.0 Å². The zero-order valence-electron chi connectivity index (χ0n) is 12.5. The summed E-state index contributed by atoms with van der Waals surface area (Å²) >= 11 is 0. The summed E-state index contributed by atoms with van der Waals surface area (Å²) in [5.74, 6) is -0.645. The van der Waals surface area contributed by atoms with Gasteiger partial charge in [-0.3, -0.25) is 0 Å². The number of aromatic nitrogens is 2. The Balaban J connectivity index is 0.000000307. The lowest BCUT2D eigenvalue weighted by Crippen LogP contribution is -2.37. The molecular weight excluding hydrogens is 366 g/mol. The first kappa shape index (κ1) is 20.2. The van der Waals surface area contributed by atoms with Gasteiger partial charge in [-0.2, -0.15) is 26.3 Å². The molecule has 2 aromatic rings. The highest BCUT2D eigenvalue weighted by molar-refractivity contribution is 7.86. The van der Waals surface area contributed by atoms with E-state index in [0.717, 1.165) is 5.56 Å². The molecule has 1 aromatic carbocycles. The van der Waals surface area contributed by atoms with Crippen LogP contribution in [0.3, 0.4) is 0 Å². The van der Waals surface area contributed by atoms with Crippen LogP contribution in [0.25, 0.3) is 11.0 Å². The molecule has 24 heavy (non-hydrogen) atoms. The highest BCUT2D eigenvalue weighted by Crippen LogP contribution is 2.29. The Morgan fingerprint density at radius 3 is 1.96 bits per heavy atom. The van der Waals surface area contributed by atoms with E-state index < -0.39 is 27.6 Å². The van der Waals surface area contributed by atoms with Crippen molar-refractivity contribution in [1.29, 1.82) is 0 Å². The fraction of sp³-hybridized carbons (Fsp3) is 0.417. The van der Waals surface area contributed by atoms with Crippen molar-refractivity contribution in [3.63, 3.8) is 0 Å². The molecule has 0 aliphatic carbocycles. The summed E-state index contributed by atoms with van der Waals surface area (Å²) in [5, 5.41) is 0. The van der Waals surface area contributed by atoms with Crippen LogP contribution in [-0.4, -0.2) is 23.0 Å². The molecule has 2 rings (SSSR count). The normalized spacial score (nSPS) is 12.9. The van der Waals surface area contributed by atoms with Gasteiger partial charge in [0.2, 0.25) is 0 Å². The predicted octanol–water partition coefficient (Wildman–Crippen LogP) is 2.38. The largest absolute Gasteiger partial charge is 0.741 e. The highest BCUT2D eigenvalue weighted by atomic mass is 32.2. The lowest BCUT2D eigenvalue weighted by atomic mass is 10.2. The highest BCUT2D eigenvalue weighted by Gasteiger charge is 2.45. The van der Waals surface area contributed by atoms with Crippen LogP contribution in [0.4, 0.5) is 26.3 Å². The smallest absolute Gasteiger partial charge is 0.495 e. The maximum atomic E-state index is 12.8. The van der Waals surface area contributed by atoms with Gasteiger partial charge in [0.15, 0.2) is 21.2 Å². The predicted molar refractivity (Wildman–Crippen MR) is 69.6 cm³/mol. The van der Waals surface area contributed by atoms with Crippen molar-refractivity contribution in [1.82, 2.24) is 4.57 Å². The molecule has 0 N–H and O–H groups in total. The van der Waals surface area contributed by atoms with Crippen LogP contribution in [-0.2, 0) is 30.4 Å². The van der Waals surface area contributed by atoms with E-state index in [-0.39, 0.29) is 0 Å². The number of nitrogens with zero attached hydrogens (tertiary/aromatic N) is 2. The van der Waals surface area contributed by atoms with E-state index in [1.165, 1.54) is 23.2 Å². The summed E-state index contributed by atoms with van der Waals surface area (Å²) < 4.78 is 99.7. The summed E-state index contributed by atoms with van der Waals surface area (Å²) in [5.41, 5.74) is -3.52. The van der Waals surface area contributed by atoms with Crippen molar-refractivity contribution in [2.45, 2.75) is 18.6 Å². The monoisotopic (exact) mass is 378 g/mol. The van der Waals surface area contributed by atoms with Crippen LogP contribution in [0.1, 0.15) is 11.4 Å². The van der Waals surface area contributed by atoms with Crippen molar-refractivity contribution in [2.75, 3.05) is 0 Å². The van der Waals surface area contributed by atoms with Gasteiger partial charge in [0.25, 0.3) is 0 Å². The molecule has 1 heterocycles. The standard InChI is InChI=1S/C11H12F3N2.CHF3O3S/c1-7-4-5-8-9(6-7)16(3)10(15(8)2)11(12,13)14;2-1(3,4)8(5,6)7/h4-6H,1-3H3;(H,5,6,7)/q+1;/p-1.